The highest BCUT2D eigenvalue weighted by Gasteiger charge is 2.27. The van der Waals surface area contributed by atoms with Gasteiger partial charge in [-0.1, -0.05) is 0 Å². The molecule has 1 amide bonds. The van der Waals surface area contributed by atoms with Crippen LogP contribution >= 0.6 is 11.6 Å². The molecule has 1 fully saturated rings. The minimum atomic E-state index is -0.0490. The van der Waals surface area contributed by atoms with E-state index in [0.717, 1.165) is 5.56 Å². The number of hydrogen-bond acceptors (Lipinski definition) is 3. The van der Waals surface area contributed by atoms with E-state index in [-0.39, 0.29) is 11.3 Å². The van der Waals surface area contributed by atoms with Crippen LogP contribution in [0.25, 0.3) is 0 Å². The SMILES string of the molecule is O=C1CC(Cl)CN1Cc1cncnc1. The minimum Gasteiger partial charge on any atom is -0.337 e. The molecule has 1 aromatic rings. The summed E-state index contributed by atoms with van der Waals surface area (Å²) in [5.74, 6) is 0.105. The van der Waals surface area contributed by atoms with Crippen LogP contribution in [0, 0.1) is 0 Å². The van der Waals surface area contributed by atoms with E-state index in [1.807, 2.05) is 0 Å². The smallest absolute Gasteiger partial charge is 0.224 e. The number of carbonyl (C=O) groups is 1. The van der Waals surface area contributed by atoms with E-state index in [2.05, 4.69) is 9.97 Å². The molecule has 0 aliphatic carbocycles. The number of rotatable bonds is 2. The summed E-state index contributed by atoms with van der Waals surface area (Å²) in [7, 11) is 0. The number of likely N-dealkylation sites (tertiary alicyclic amines) is 1. The van der Waals surface area contributed by atoms with Crippen LogP contribution in [0.3, 0.4) is 0 Å². The summed E-state index contributed by atoms with van der Waals surface area (Å²) in [6.45, 7) is 1.18. The van der Waals surface area contributed by atoms with Crippen LogP contribution in [0.1, 0.15) is 12.0 Å². The van der Waals surface area contributed by atoms with E-state index >= 15 is 0 Å². The molecule has 1 atom stereocenters. The summed E-state index contributed by atoms with van der Waals surface area (Å²) >= 11 is 5.87. The first-order chi connectivity index (χ1) is 6.75. The van der Waals surface area contributed by atoms with Gasteiger partial charge in [-0.05, 0) is 0 Å². The monoisotopic (exact) mass is 211 g/mol. The third-order valence-corrected chi connectivity index (χ3v) is 2.45. The molecule has 0 saturated carbocycles. The zero-order valence-corrected chi connectivity index (χ0v) is 8.31. The first-order valence-corrected chi connectivity index (χ1v) is 4.85. The summed E-state index contributed by atoms with van der Waals surface area (Å²) in [5, 5.41) is -0.0490. The molecule has 0 aromatic carbocycles. The van der Waals surface area contributed by atoms with Gasteiger partial charge in [-0.25, -0.2) is 9.97 Å². The second-order valence-electron chi connectivity index (χ2n) is 3.32. The molecule has 14 heavy (non-hydrogen) atoms. The van der Waals surface area contributed by atoms with Gasteiger partial charge in [0, 0.05) is 37.5 Å². The van der Waals surface area contributed by atoms with Crippen molar-refractivity contribution in [2.45, 2.75) is 18.3 Å². The maximum atomic E-state index is 11.4. The number of aromatic nitrogens is 2. The second-order valence-corrected chi connectivity index (χ2v) is 3.94. The lowest BCUT2D eigenvalue weighted by atomic mass is 10.3. The van der Waals surface area contributed by atoms with Gasteiger partial charge in [0.15, 0.2) is 0 Å². The van der Waals surface area contributed by atoms with Crippen LogP contribution < -0.4 is 0 Å². The third-order valence-electron chi connectivity index (χ3n) is 2.15. The van der Waals surface area contributed by atoms with Gasteiger partial charge >= 0.3 is 0 Å². The van der Waals surface area contributed by atoms with Gasteiger partial charge in [0.25, 0.3) is 0 Å². The Kier molecular flexibility index (Phi) is 2.63. The van der Waals surface area contributed by atoms with Crippen LogP contribution in [0.15, 0.2) is 18.7 Å². The van der Waals surface area contributed by atoms with Gasteiger partial charge in [0.05, 0.1) is 5.38 Å². The molecule has 74 valence electrons. The van der Waals surface area contributed by atoms with Crippen LogP contribution in [0.5, 0.6) is 0 Å². The molecular formula is C9H10ClN3O. The van der Waals surface area contributed by atoms with Gasteiger partial charge in [0.1, 0.15) is 6.33 Å². The van der Waals surface area contributed by atoms with Crippen LogP contribution in [-0.4, -0.2) is 32.7 Å². The summed E-state index contributed by atoms with van der Waals surface area (Å²) < 4.78 is 0. The highest BCUT2D eigenvalue weighted by molar-refractivity contribution is 6.22. The van der Waals surface area contributed by atoms with E-state index in [1.54, 1.807) is 17.3 Å². The van der Waals surface area contributed by atoms with Crippen molar-refractivity contribution in [3.05, 3.63) is 24.3 Å². The fourth-order valence-corrected chi connectivity index (χ4v) is 1.81. The molecule has 1 aromatic heterocycles. The molecule has 1 unspecified atom stereocenters. The Labute approximate surface area is 86.9 Å². The Morgan fingerprint density at radius 1 is 1.50 bits per heavy atom. The molecule has 2 rings (SSSR count). The van der Waals surface area contributed by atoms with Gasteiger partial charge < -0.3 is 4.90 Å². The molecule has 2 heterocycles. The van der Waals surface area contributed by atoms with Crippen LogP contribution in [0.4, 0.5) is 0 Å². The van der Waals surface area contributed by atoms with Crippen molar-refractivity contribution in [1.29, 1.82) is 0 Å². The lowest BCUT2D eigenvalue weighted by molar-refractivity contribution is -0.128. The van der Waals surface area contributed by atoms with Gasteiger partial charge in [-0.2, -0.15) is 0 Å². The van der Waals surface area contributed by atoms with Crippen molar-refractivity contribution < 1.29 is 4.79 Å². The standard InChI is InChI=1S/C9H10ClN3O/c10-8-1-9(14)13(5-8)4-7-2-11-6-12-3-7/h2-3,6,8H,1,4-5H2. The third kappa shape index (κ3) is 2.01. The molecule has 0 N–H and O–H groups in total. The van der Waals surface area contributed by atoms with E-state index in [0.29, 0.717) is 19.5 Å². The predicted octanol–water partition coefficient (Wildman–Crippen LogP) is 0.816. The fourth-order valence-electron chi connectivity index (χ4n) is 1.51. The zero-order valence-electron chi connectivity index (χ0n) is 7.56. The van der Waals surface area contributed by atoms with Gasteiger partial charge in [0.2, 0.25) is 5.91 Å². The first kappa shape index (κ1) is 9.40. The number of hydrogen-bond donors (Lipinski definition) is 0. The highest BCUT2D eigenvalue weighted by Crippen LogP contribution is 2.18. The Morgan fingerprint density at radius 3 is 2.79 bits per heavy atom. The molecular weight excluding hydrogens is 202 g/mol. The highest BCUT2D eigenvalue weighted by atomic mass is 35.5. The van der Waals surface area contributed by atoms with E-state index in [9.17, 15) is 4.79 Å². The summed E-state index contributed by atoms with van der Waals surface area (Å²) in [6, 6.07) is 0. The topological polar surface area (TPSA) is 46.1 Å². The predicted molar refractivity (Wildman–Crippen MR) is 51.7 cm³/mol. The van der Waals surface area contributed by atoms with Crippen molar-refractivity contribution in [2.24, 2.45) is 0 Å². The van der Waals surface area contributed by atoms with Crippen LogP contribution in [0.2, 0.25) is 0 Å². The van der Waals surface area contributed by atoms with Crippen molar-refractivity contribution in [3.8, 4) is 0 Å². The molecule has 0 spiro atoms. The summed E-state index contributed by atoms with van der Waals surface area (Å²) in [5.41, 5.74) is 0.937. The molecule has 5 heteroatoms. The Morgan fingerprint density at radius 2 is 2.21 bits per heavy atom. The fraction of sp³-hybridized carbons (Fsp3) is 0.444. The molecule has 1 aliphatic heterocycles. The average molecular weight is 212 g/mol. The van der Waals surface area contributed by atoms with E-state index in [4.69, 9.17) is 11.6 Å². The molecule has 1 aliphatic rings. The number of halogens is 1. The van der Waals surface area contributed by atoms with E-state index in [1.165, 1.54) is 6.33 Å². The van der Waals surface area contributed by atoms with Gasteiger partial charge in [-0.15, -0.1) is 11.6 Å². The second kappa shape index (κ2) is 3.92. The van der Waals surface area contributed by atoms with Crippen molar-refractivity contribution in [3.63, 3.8) is 0 Å². The molecule has 4 nitrogen and oxygen atoms in total. The minimum absolute atomic E-state index is 0.0490. The number of nitrogens with zero attached hydrogens (tertiary/aromatic N) is 3. The number of amides is 1. The summed E-state index contributed by atoms with van der Waals surface area (Å²) in [6.07, 6.45) is 5.33. The maximum absolute atomic E-state index is 11.4. The lowest BCUT2D eigenvalue weighted by Gasteiger charge is -2.14. The number of alkyl halides is 1. The van der Waals surface area contributed by atoms with Crippen LogP contribution in [-0.2, 0) is 11.3 Å². The van der Waals surface area contributed by atoms with Gasteiger partial charge in [-0.3, -0.25) is 4.79 Å². The first-order valence-electron chi connectivity index (χ1n) is 4.41. The van der Waals surface area contributed by atoms with Crippen molar-refractivity contribution in [1.82, 2.24) is 14.9 Å². The lowest BCUT2D eigenvalue weighted by Crippen LogP contribution is -2.24. The Bertz CT molecular complexity index is 330. The maximum Gasteiger partial charge on any atom is 0.224 e. The quantitative estimate of drug-likeness (QED) is 0.681. The van der Waals surface area contributed by atoms with Crippen molar-refractivity contribution >= 4 is 17.5 Å². The number of carbonyl (C=O) groups excluding carboxylic acids is 1. The average Bonchev–Trinajstić information content (AvgIpc) is 2.47. The Hall–Kier alpha value is -1.16. The van der Waals surface area contributed by atoms with E-state index < -0.39 is 0 Å². The normalized spacial score (nSPS) is 21.6. The molecule has 0 bridgehead atoms. The Balaban J connectivity index is 2.02. The summed E-state index contributed by atoms with van der Waals surface area (Å²) in [4.78, 5) is 20.9. The largest absolute Gasteiger partial charge is 0.337 e. The molecule has 1 saturated heterocycles. The zero-order chi connectivity index (χ0) is 9.97. The van der Waals surface area contributed by atoms with Crippen molar-refractivity contribution in [2.75, 3.05) is 6.54 Å². The molecule has 0 radical (unpaired) electrons.